The predicted molar refractivity (Wildman–Crippen MR) is 80.2 cm³/mol. The molecule has 0 saturated carbocycles. The van der Waals surface area contributed by atoms with E-state index in [-0.39, 0.29) is 12.1 Å². The summed E-state index contributed by atoms with van der Waals surface area (Å²) in [6.07, 6.45) is 0. The first-order valence-corrected chi connectivity index (χ1v) is 6.65. The van der Waals surface area contributed by atoms with Gasteiger partial charge in [-0.15, -0.1) is 0 Å². The molecule has 0 saturated heterocycles. The molecule has 0 aliphatic carbocycles. The molecule has 5 heteroatoms. The Kier molecular flexibility index (Phi) is 4.21. The molecule has 0 bridgehead atoms. The van der Waals surface area contributed by atoms with E-state index in [2.05, 4.69) is 22.8 Å². The van der Waals surface area contributed by atoms with Crippen molar-refractivity contribution in [3.05, 3.63) is 51.3 Å². The standard InChI is InChI=1S/C16H18N2O3/c1-10-7-12(3)13(8-11(10)2)14-5-6-15(19)18(17-14)9-16(20)21-4/h5-8H,9H2,1-4H3. The molecule has 1 aromatic carbocycles. The number of nitrogens with zero attached hydrogens (tertiary/aromatic N) is 2. The summed E-state index contributed by atoms with van der Waals surface area (Å²) in [7, 11) is 1.28. The Bertz CT molecular complexity index is 748. The van der Waals surface area contributed by atoms with Crippen molar-refractivity contribution >= 4 is 5.97 Å². The molecule has 110 valence electrons. The van der Waals surface area contributed by atoms with Crippen LogP contribution in [-0.2, 0) is 16.1 Å². The van der Waals surface area contributed by atoms with E-state index in [4.69, 9.17) is 0 Å². The van der Waals surface area contributed by atoms with Gasteiger partial charge >= 0.3 is 5.97 Å². The lowest BCUT2D eigenvalue weighted by Gasteiger charge is -2.11. The molecule has 2 aromatic rings. The summed E-state index contributed by atoms with van der Waals surface area (Å²) < 4.78 is 5.70. The third kappa shape index (κ3) is 3.18. The zero-order chi connectivity index (χ0) is 15.6. The van der Waals surface area contributed by atoms with Crippen LogP contribution in [0, 0.1) is 20.8 Å². The maximum atomic E-state index is 11.8. The summed E-state index contributed by atoms with van der Waals surface area (Å²) in [5, 5.41) is 4.27. The van der Waals surface area contributed by atoms with E-state index in [0.29, 0.717) is 5.69 Å². The quantitative estimate of drug-likeness (QED) is 0.810. The molecule has 1 heterocycles. The van der Waals surface area contributed by atoms with Gasteiger partial charge in [0.25, 0.3) is 5.56 Å². The van der Waals surface area contributed by atoms with Crippen molar-refractivity contribution in [2.24, 2.45) is 0 Å². The molecule has 0 amide bonds. The normalized spacial score (nSPS) is 10.5. The summed E-state index contributed by atoms with van der Waals surface area (Å²) in [4.78, 5) is 23.1. The highest BCUT2D eigenvalue weighted by atomic mass is 16.5. The SMILES string of the molecule is COC(=O)Cn1nc(-c2cc(C)c(C)cc2C)ccc1=O. The van der Waals surface area contributed by atoms with Gasteiger partial charge in [-0.25, -0.2) is 4.68 Å². The fraction of sp³-hybridized carbons (Fsp3) is 0.312. The average molecular weight is 286 g/mol. The Morgan fingerprint density at radius 3 is 2.48 bits per heavy atom. The minimum Gasteiger partial charge on any atom is -0.468 e. The van der Waals surface area contributed by atoms with Crippen molar-refractivity contribution in [2.75, 3.05) is 7.11 Å². The van der Waals surface area contributed by atoms with Crippen LogP contribution in [0.15, 0.2) is 29.1 Å². The summed E-state index contributed by atoms with van der Waals surface area (Å²) in [5.74, 6) is -0.501. The molecule has 0 aliphatic heterocycles. The van der Waals surface area contributed by atoms with Crippen molar-refractivity contribution in [1.82, 2.24) is 9.78 Å². The number of carbonyl (C=O) groups is 1. The van der Waals surface area contributed by atoms with Gasteiger partial charge in [0.05, 0.1) is 12.8 Å². The maximum absolute atomic E-state index is 11.8. The largest absolute Gasteiger partial charge is 0.468 e. The van der Waals surface area contributed by atoms with Crippen LogP contribution < -0.4 is 5.56 Å². The van der Waals surface area contributed by atoms with Crippen molar-refractivity contribution in [3.63, 3.8) is 0 Å². The van der Waals surface area contributed by atoms with Crippen molar-refractivity contribution in [1.29, 1.82) is 0 Å². The van der Waals surface area contributed by atoms with E-state index in [1.807, 2.05) is 19.9 Å². The molecule has 1 aromatic heterocycles. The number of hydrogen-bond donors (Lipinski definition) is 0. The second-order valence-electron chi connectivity index (χ2n) is 5.04. The monoisotopic (exact) mass is 286 g/mol. The number of carbonyl (C=O) groups excluding carboxylic acids is 1. The van der Waals surface area contributed by atoms with E-state index in [0.717, 1.165) is 21.4 Å². The third-order valence-electron chi connectivity index (χ3n) is 3.49. The Labute approximate surface area is 123 Å². The number of methoxy groups -OCH3 is 1. The summed E-state index contributed by atoms with van der Waals surface area (Å²) in [6, 6.07) is 7.22. The maximum Gasteiger partial charge on any atom is 0.327 e. The zero-order valence-corrected chi connectivity index (χ0v) is 12.6. The summed E-state index contributed by atoms with van der Waals surface area (Å²) in [6.45, 7) is 5.90. The average Bonchev–Trinajstić information content (AvgIpc) is 2.45. The fourth-order valence-corrected chi connectivity index (χ4v) is 2.13. The molecule has 2 rings (SSSR count). The van der Waals surface area contributed by atoms with Crippen LogP contribution in [0.3, 0.4) is 0 Å². The first-order valence-electron chi connectivity index (χ1n) is 6.65. The fourth-order valence-electron chi connectivity index (χ4n) is 2.13. The minimum absolute atomic E-state index is 0.187. The van der Waals surface area contributed by atoms with Gasteiger partial charge in [0.2, 0.25) is 0 Å². The summed E-state index contributed by atoms with van der Waals surface area (Å²) >= 11 is 0. The van der Waals surface area contributed by atoms with Crippen molar-refractivity contribution < 1.29 is 9.53 Å². The van der Waals surface area contributed by atoms with E-state index in [1.54, 1.807) is 6.07 Å². The van der Waals surface area contributed by atoms with Gasteiger partial charge in [-0.2, -0.15) is 5.10 Å². The summed E-state index contributed by atoms with van der Waals surface area (Å²) in [5.41, 5.74) is 4.73. The number of rotatable bonds is 3. The van der Waals surface area contributed by atoms with Gasteiger partial charge in [0, 0.05) is 11.6 Å². The number of esters is 1. The van der Waals surface area contributed by atoms with Gasteiger partial charge < -0.3 is 4.74 Å². The van der Waals surface area contributed by atoms with Gasteiger partial charge in [-0.1, -0.05) is 6.07 Å². The zero-order valence-electron chi connectivity index (χ0n) is 12.6. The topological polar surface area (TPSA) is 61.2 Å². The van der Waals surface area contributed by atoms with Crippen LogP contribution in [0.1, 0.15) is 16.7 Å². The van der Waals surface area contributed by atoms with Gasteiger partial charge in [-0.3, -0.25) is 9.59 Å². The predicted octanol–water partition coefficient (Wildman–Crippen LogP) is 2.01. The molecular weight excluding hydrogens is 268 g/mol. The molecule has 0 spiro atoms. The number of ether oxygens (including phenoxy) is 1. The lowest BCUT2D eigenvalue weighted by atomic mass is 9.99. The molecular formula is C16H18N2O3. The van der Waals surface area contributed by atoms with Crippen LogP contribution in [0.25, 0.3) is 11.3 Å². The highest BCUT2D eigenvalue weighted by Crippen LogP contribution is 2.24. The smallest absolute Gasteiger partial charge is 0.327 e. The van der Waals surface area contributed by atoms with E-state index < -0.39 is 5.97 Å². The number of aromatic nitrogens is 2. The van der Waals surface area contributed by atoms with Gasteiger partial charge in [-0.05, 0) is 49.6 Å². The van der Waals surface area contributed by atoms with Crippen molar-refractivity contribution in [3.8, 4) is 11.3 Å². The second-order valence-corrected chi connectivity index (χ2v) is 5.04. The third-order valence-corrected chi connectivity index (χ3v) is 3.49. The molecule has 0 radical (unpaired) electrons. The van der Waals surface area contributed by atoms with E-state index in [1.165, 1.54) is 18.7 Å². The Morgan fingerprint density at radius 1 is 1.14 bits per heavy atom. The first-order chi connectivity index (χ1) is 9.92. The Hall–Kier alpha value is -2.43. The van der Waals surface area contributed by atoms with Crippen LogP contribution in [0.4, 0.5) is 0 Å². The van der Waals surface area contributed by atoms with Crippen LogP contribution in [0.2, 0.25) is 0 Å². The Morgan fingerprint density at radius 2 is 1.81 bits per heavy atom. The van der Waals surface area contributed by atoms with E-state index >= 15 is 0 Å². The molecule has 0 fully saturated rings. The minimum atomic E-state index is -0.501. The van der Waals surface area contributed by atoms with Crippen molar-refractivity contribution in [2.45, 2.75) is 27.3 Å². The lowest BCUT2D eigenvalue weighted by Crippen LogP contribution is -2.26. The number of aryl methyl sites for hydroxylation is 3. The molecule has 21 heavy (non-hydrogen) atoms. The lowest BCUT2D eigenvalue weighted by molar-refractivity contribution is -0.141. The first kappa shape index (κ1) is 15.0. The molecule has 0 aliphatic rings. The Balaban J connectivity index is 2.51. The van der Waals surface area contributed by atoms with Gasteiger partial charge in [0.1, 0.15) is 6.54 Å². The molecule has 5 nitrogen and oxygen atoms in total. The van der Waals surface area contributed by atoms with E-state index in [9.17, 15) is 9.59 Å². The molecule has 0 atom stereocenters. The number of hydrogen-bond acceptors (Lipinski definition) is 4. The van der Waals surface area contributed by atoms with Crippen LogP contribution >= 0.6 is 0 Å². The van der Waals surface area contributed by atoms with Crippen LogP contribution in [-0.4, -0.2) is 22.9 Å². The number of benzene rings is 1. The molecule has 0 unspecified atom stereocenters. The molecule has 0 N–H and O–H groups in total. The second kappa shape index (κ2) is 5.91. The highest BCUT2D eigenvalue weighted by Gasteiger charge is 2.10. The van der Waals surface area contributed by atoms with Crippen LogP contribution in [0.5, 0.6) is 0 Å². The highest BCUT2D eigenvalue weighted by molar-refractivity contribution is 5.69. The van der Waals surface area contributed by atoms with Gasteiger partial charge in [0.15, 0.2) is 0 Å².